The molecular weight excluding hydrogens is 335 g/mol. The van der Waals surface area contributed by atoms with Crippen LogP contribution in [0.2, 0.25) is 0 Å². The largest absolute Gasteiger partial charge is 0.475 e. The molecule has 26 heavy (non-hydrogen) atoms. The summed E-state index contributed by atoms with van der Waals surface area (Å²) >= 11 is 0. The number of alkyl carbamates (subject to hydrolysis) is 1. The Bertz CT molecular complexity index is 669. The minimum Gasteiger partial charge on any atom is -0.447 e. The number of hydrogen-bond acceptors (Lipinski definition) is 5. The molecule has 7 nitrogen and oxygen atoms in total. The summed E-state index contributed by atoms with van der Waals surface area (Å²) in [6, 6.07) is 9.08. The van der Waals surface area contributed by atoms with Crippen LogP contribution in [0.4, 0.5) is 4.79 Å². The van der Waals surface area contributed by atoms with E-state index in [9.17, 15) is 19.6 Å². The van der Waals surface area contributed by atoms with Crippen molar-refractivity contribution in [1.29, 1.82) is 0 Å². The smallest absolute Gasteiger partial charge is 0.447 e. The topological polar surface area (TPSA) is 99.1 Å². The molecule has 8 heteroatoms. The van der Waals surface area contributed by atoms with Crippen LogP contribution < -0.4 is 5.32 Å². The van der Waals surface area contributed by atoms with Gasteiger partial charge in [0.15, 0.2) is 0 Å². The Morgan fingerprint density at radius 2 is 2.12 bits per heavy atom. The minimum absolute atomic E-state index is 0.0894. The Balaban J connectivity index is 1.52. The standard InChI is InChI=1S/C18H23BN2O5/c1-2-17(22)21-10-13-9-14(13)15(21)11-26-18(23)20-16(19(24)25)8-12-6-4-3-5-7-12/h2-7,13-16,24-25H,1,8-11H2,(H,20,23)/t13-,14-,15-,16?/m0/s1. The molecule has 1 aliphatic carbocycles. The van der Waals surface area contributed by atoms with Crippen molar-refractivity contribution in [3.63, 3.8) is 0 Å². The number of fused-ring (bicyclic) bond motifs is 1. The molecular formula is C18H23BN2O5. The quantitative estimate of drug-likeness (QED) is 0.483. The Morgan fingerprint density at radius 1 is 1.38 bits per heavy atom. The minimum atomic E-state index is -1.71. The van der Waals surface area contributed by atoms with Crippen molar-refractivity contribution in [1.82, 2.24) is 10.2 Å². The Kier molecular flexibility index (Phi) is 5.63. The molecule has 2 aliphatic rings. The Labute approximate surface area is 152 Å². The summed E-state index contributed by atoms with van der Waals surface area (Å²) in [5.41, 5.74) is 0.866. The number of rotatable bonds is 7. The number of carbonyl (C=O) groups excluding carboxylic acids is 2. The zero-order valence-corrected chi connectivity index (χ0v) is 14.5. The summed E-state index contributed by atoms with van der Waals surface area (Å²) in [6.45, 7) is 4.27. The van der Waals surface area contributed by atoms with Crippen LogP contribution in [0.1, 0.15) is 12.0 Å². The van der Waals surface area contributed by atoms with Crippen molar-refractivity contribution in [3.8, 4) is 0 Å². The molecule has 1 saturated heterocycles. The Hall–Kier alpha value is -2.32. The van der Waals surface area contributed by atoms with Gasteiger partial charge in [-0.2, -0.15) is 0 Å². The van der Waals surface area contributed by atoms with Gasteiger partial charge in [0.2, 0.25) is 5.91 Å². The molecule has 1 aliphatic heterocycles. The van der Waals surface area contributed by atoms with E-state index in [1.165, 1.54) is 6.08 Å². The predicted molar refractivity (Wildman–Crippen MR) is 95.9 cm³/mol. The third-order valence-corrected chi connectivity index (χ3v) is 5.11. The first-order valence-electron chi connectivity index (χ1n) is 8.76. The molecule has 0 aromatic heterocycles. The van der Waals surface area contributed by atoms with Crippen LogP contribution in [-0.2, 0) is 16.0 Å². The fourth-order valence-corrected chi connectivity index (χ4v) is 3.61. The number of likely N-dealkylation sites (tertiary alicyclic amines) is 1. The lowest BCUT2D eigenvalue weighted by Crippen LogP contribution is -2.49. The third kappa shape index (κ3) is 4.26. The fraction of sp³-hybridized carbons (Fsp3) is 0.444. The molecule has 1 unspecified atom stereocenters. The highest BCUT2D eigenvalue weighted by Crippen LogP contribution is 2.49. The van der Waals surface area contributed by atoms with E-state index >= 15 is 0 Å². The van der Waals surface area contributed by atoms with E-state index in [4.69, 9.17) is 4.74 Å². The molecule has 2 amide bonds. The molecule has 1 saturated carbocycles. The van der Waals surface area contributed by atoms with Gasteiger partial charge in [-0.3, -0.25) is 4.79 Å². The first-order valence-corrected chi connectivity index (χ1v) is 8.76. The van der Waals surface area contributed by atoms with Crippen molar-refractivity contribution in [2.75, 3.05) is 13.2 Å². The lowest BCUT2D eigenvalue weighted by molar-refractivity contribution is -0.128. The molecule has 3 rings (SSSR count). The van der Waals surface area contributed by atoms with Crippen LogP contribution in [0, 0.1) is 11.8 Å². The fourth-order valence-electron chi connectivity index (χ4n) is 3.61. The van der Waals surface area contributed by atoms with Crippen molar-refractivity contribution in [2.45, 2.75) is 24.8 Å². The van der Waals surface area contributed by atoms with Crippen LogP contribution >= 0.6 is 0 Å². The molecule has 3 N–H and O–H groups in total. The van der Waals surface area contributed by atoms with E-state index in [0.717, 1.165) is 12.0 Å². The second-order valence-electron chi connectivity index (χ2n) is 6.87. The number of nitrogens with one attached hydrogen (secondary N) is 1. The maximum absolute atomic E-state index is 12.1. The number of amides is 2. The first-order chi connectivity index (χ1) is 12.5. The van der Waals surface area contributed by atoms with Gasteiger partial charge in [0, 0.05) is 6.54 Å². The summed E-state index contributed by atoms with van der Waals surface area (Å²) in [5, 5.41) is 21.5. The van der Waals surface area contributed by atoms with Gasteiger partial charge in [-0.1, -0.05) is 36.9 Å². The van der Waals surface area contributed by atoms with Gasteiger partial charge < -0.3 is 25.0 Å². The summed E-state index contributed by atoms with van der Waals surface area (Å²) in [6.07, 6.45) is 1.86. The SMILES string of the molecule is C=CC(=O)N1C[C@@H]2C[C@@H]2[C@@H]1COC(=O)NC(Cc1ccccc1)B(O)O. The molecule has 0 spiro atoms. The number of nitrogens with zero attached hydrogens (tertiary/aromatic N) is 1. The maximum atomic E-state index is 12.1. The third-order valence-electron chi connectivity index (χ3n) is 5.11. The van der Waals surface area contributed by atoms with Crippen LogP contribution in [0.3, 0.4) is 0 Å². The number of benzene rings is 1. The second kappa shape index (κ2) is 7.93. The molecule has 2 fully saturated rings. The second-order valence-corrected chi connectivity index (χ2v) is 6.87. The lowest BCUT2D eigenvalue weighted by atomic mass is 9.76. The summed E-state index contributed by atoms with van der Waals surface area (Å²) < 4.78 is 5.27. The van der Waals surface area contributed by atoms with E-state index in [-0.39, 0.29) is 25.0 Å². The number of ether oxygens (including phenoxy) is 1. The molecule has 0 bridgehead atoms. The van der Waals surface area contributed by atoms with Gasteiger partial charge >= 0.3 is 13.2 Å². The van der Waals surface area contributed by atoms with Crippen LogP contribution in [0.15, 0.2) is 43.0 Å². The van der Waals surface area contributed by atoms with Gasteiger partial charge in [0.1, 0.15) is 6.61 Å². The predicted octanol–water partition coefficient (Wildman–Crippen LogP) is 0.369. The molecule has 1 heterocycles. The summed E-state index contributed by atoms with van der Waals surface area (Å²) in [4.78, 5) is 25.7. The zero-order chi connectivity index (χ0) is 18.7. The average molecular weight is 358 g/mol. The zero-order valence-electron chi connectivity index (χ0n) is 14.5. The Morgan fingerprint density at radius 3 is 2.77 bits per heavy atom. The average Bonchev–Trinajstić information content (AvgIpc) is 3.31. The normalized spacial score (nSPS) is 24.4. The van der Waals surface area contributed by atoms with E-state index < -0.39 is 19.2 Å². The highest BCUT2D eigenvalue weighted by molar-refractivity contribution is 6.43. The van der Waals surface area contributed by atoms with E-state index in [2.05, 4.69) is 11.9 Å². The van der Waals surface area contributed by atoms with Crippen LogP contribution in [-0.4, -0.2) is 59.2 Å². The van der Waals surface area contributed by atoms with E-state index in [0.29, 0.717) is 18.4 Å². The monoisotopic (exact) mass is 358 g/mol. The van der Waals surface area contributed by atoms with Gasteiger partial charge in [0.25, 0.3) is 0 Å². The van der Waals surface area contributed by atoms with Gasteiger partial charge in [-0.05, 0) is 36.3 Å². The van der Waals surface area contributed by atoms with E-state index in [1.807, 2.05) is 30.3 Å². The highest BCUT2D eigenvalue weighted by atomic mass is 16.5. The molecule has 138 valence electrons. The molecule has 4 atom stereocenters. The first kappa shape index (κ1) is 18.5. The lowest BCUT2D eigenvalue weighted by Gasteiger charge is -2.26. The molecule has 1 aromatic carbocycles. The summed E-state index contributed by atoms with van der Waals surface area (Å²) in [5.74, 6) is -0.178. The van der Waals surface area contributed by atoms with Crippen molar-refractivity contribution >= 4 is 19.1 Å². The van der Waals surface area contributed by atoms with Crippen LogP contribution in [0.25, 0.3) is 0 Å². The van der Waals surface area contributed by atoms with Crippen LogP contribution in [0.5, 0.6) is 0 Å². The molecule has 0 radical (unpaired) electrons. The highest BCUT2D eigenvalue weighted by Gasteiger charge is 2.53. The molecule has 1 aromatic rings. The summed E-state index contributed by atoms with van der Waals surface area (Å²) in [7, 11) is -1.71. The van der Waals surface area contributed by atoms with E-state index in [1.54, 1.807) is 4.90 Å². The van der Waals surface area contributed by atoms with Gasteiger partial charge in [-0.25, -0.2) is 4.79 Å². The van der Waals surface area contributed by atoms with Crippen molar-refractivity contribution in [3.05, 3.63) is 48.6 Å². The van der Waals surface area contributed by atoms with Crippen molar-refractivity contribution in [2.24, 2.45) is 11.8 Å². The van der Waals surface area contributed by atoms with Crippen molar-refractivity contribution < 1.29 is 24.4 Å². The number of piperidine rings is 1. The maximum Gasteiger partial charge on any atom is 0.475 e. The number of hydrogen-bond donors (Lipinski definition) is 3. The number of carbonyl (C=O) groups is 2. The van der Waals surface area contributed by atoms with Gasteiger partial charge in [-0.15, -0.1) is 0 Å². The van der Waals surface area contributed by atoms with Gasteiger partial charge in [0.05, 0.1) is 12.0 Å².